The molecule has 27 heavy (non-hydrogen) atoms. The first kappa shape index (κ1) is 19.4. The molecule has 1 aliphatic carbocycles. The molecule has 2 unspecified atom stereocenters. The van der Waals surface area contributed by atoms with E-state index in [1.807, 2.05) is 35.2 Å². The van der Waals surface area contributed by atoms with Crippen LogP contribution in [0.15, 0.2) is 30.3 Å². The van der Waals surface area contributed by atoms with E-state index in [1.54, 1.807) is 6.92 Å². The van der Waals surface area contributed by atoms with E-state index in [0.717, 1.165) is 31.2 Å². The molecule has 1 aliphatic heterocycles. The first-order chi connectivity index (χ1) is 13.1. The molecule has 0 aromatic heterocycles. The Balaban J connectivity index is 1.63. The molecule has 1 aromatic rings. The highest BCUT2D eigenvalue weighted by molar-refractivity contribution is 5.91. The summed E-state index contributed by atoms with van der Waals surface area (Å²) in [4.78, 5) is 39.3. The number of nitrogens with zero attached hydrogens (tertiary/aromatic N) is 1. The summed E-state index contributed by atoms with van der Waals surface area (Å²) in [6.07, 6.45) is 4.95. The molecule has 0 bridgehead atoms. The van der Waals surface area contributed by atoms with Gasteiger partial charge in [0, 0.05) is 25.4 Å². The molecule has 1 heterocycles. The van der Waals surface area contributed by atoms with Gasteiger partial charge in [-0.15, -0.1) is 0 Å². The van der Waals surface area contributed by atoms with Crippen molar-refractivity contribution in [2.75, 3.05) is 13.2 Å². The number of carbonyl (C=O) groups is 3. The van der Waals surface area contributed by atoms with Crippen LogP contribution in [0.4, 0.5) is 0 Å². The minimum Gasteiger partial charge on any atom is -0.464 e. The van der Waals surface area contributed by atoms with E-state index in [4.69, 9.17) is 4.74 Å². The summed E-state index contributed by atoms with van der Waals surface area (Å²) in [5, 5.41) is 2.83. The average molecular weight is 372 g/mol. The van der Waals surface area contributed by atoms with E-state index in [0.29, 0.717) is 13.0 Å². The lowest BCUT2D eigenvalue weighted by atomic mass is 10.0. The Labute approximate surface area is 160 Å². The largest absolute Gasteiger partial charge is 0.464 e. The summed E-state index contributed by atoms with van der Waals surface area (Å²) < 4.78 is 5.13. The molecule has 1 aromatic carbocycles. The molecular weight excluding hydrogens is 344 g/mol. The second-order valence-electron chi connectivity index (χ2n) is 7.39. The van der Waals surface area contributed by atoms with Crippen molar-refractivity contribution in [3.05, 3.63) is 35.9 Å². The normalized spacial score (nSPS) is 21.3. The molecule has 6 nitrogen and oxygen atoms in total. The molecule has 2 fully saturated rings. The number of amides is 2. The Hall–Kier alpha value is -2.37. The van der Waals surface area contributed by atoms with Crippen molar-refractivity contribution in [3.63, 3.8) is 0 Å². The summed E-state index contributed by atoms with van der Waals surface area (Å²) in [5.74, 6) is -1.02. The first-order valence-electron chi connectivity index (χ1n) is 9.89. The molecule has 6 heteroatoms. The van der Waals surface area contributed by atoms with Crippen molar-refractivity contribution in [2.24, 2.45) is 5.92 Å². The van der Waals surface area contributed by atoms with E-state index >= 15 is 0 Å². The smallest absolute Gasteiger partial charge is 0.328 e. The lowest BCUT2D eigenvalue weighted by molar-refractivity contribution is -0.147. The number of nitrogens with one attached hydrogen (secondary N) is 1. The molecule has 1 saturated carbocycles. The number of hydrogen-bond donors (Lipinski definition) is 1. The van der Waals surface area contributed by atoms with Gasteiger partial charge in [0.15, 0.2) is 0 Å². The molecule has 1 N–H and O–H groups in total. The Morgan fingerprint density at radius 3 is 2.59 bits per heavy atom. The van der Waals surface area contributed by atoms with Gasteiger partial charge in [-0.25, -0.2) is 4.79 Å². The van der Waals surface area contributed by atoms with E-state index < -0.39 is 17.9 Å². The summed E-state index contributed by atoms with van der Waals surface area (Å²) in [5.41, 5.74) is 0.950. The van der Waals surface area contributed by atoms with Gasteiger partial charge >= 0.3 is 5.97 Å². The maximum absolute atomic E-state index is 12.8. The summed E-state index contributed by atoms with van der Waals surface area (Å²) in [6, 6.07) is 9.07. The van der Waals surface area contributed by atoms with Crippen LogP contribution >= 0.6 is 0 Å². The minimum absolute atomic E-state index is 0.0535. The minimum atomic E-state index is -0.740. The second kappa shape index (κ2) is 9.02. The van der Waals surface area contributed by atoms with Gasteiger partial charge < -0.3 is 15.0 Å². The zero-order valence-corrected chi connectivity index (χ0v) is 15.9. The number of ether oxygens (including phenoxy) is 1. The van der Waals surface area contributed by atoms with Crippen molar-refractivity contribution in [1.29, 1.82) is 0 Å². The zero-order chi connectivity index (χ0) is 19.2. The number of likely N-dealkylation sites (tertiary alicyclic amines) is 1. The fourth-order valence-electron chi connectivity index (χ4n) is 4.05. The number of rotatable bonds is 7. The summed E-state index contributed by atoms with van der Waals surface area (Å²) in [6.45, 7) is 2.46. The lowest BCUT2D eigenvalue weighted by Gasteiger charge is -2.24. The predicted octanol–water partition coefficient (Wildman–Crippen LogP) is 2.07. The number of hydrogen-bond acceptors (Lipinski definition) is 4. The van der Waals surface area contributed by atoms with Gasteiger partial charge in [0.25, 0.3) is 0 Å². The van der Waals surface area contributed by atoms with Gasteiger partial charge in [0.1, 0.15) is 6.04 Å². The van der Waals surface area contributed by atoms with E-state index in [9.17, 15) is 14.4 Å². The van der Waals surface area contributed by atoms with Crippen LogP contribution in [0.5, 0.6) is 0 Å². The highest BCUT2D eigenvalue weighted by atomic mass is 16.5. The van der Waals surface area contributed by atoms with Crippen LogP contribution in [-0.4, -0.2) is 47.9 Å². The number of esters is 1. The maximum Gasteiger partial charge on any atom is 0.328 e. The monoisotopic (exact) mass is 372 g/mol. The fraction of sp³-hybridized carbons (Fsp3) is 0.571. The van der Waals surface area contributed by atoms with Gasteiger partial charge in [-0.1, -0.05) is 43.2 Å². The number of benzene rings is 1. The molecule has 2 aliphatic rings. The Bertz CT molecular complexity index is 670. The molecule has 146 valence electrons. The maximum atomic E-state index is 12.8. The Morgan fingerprint density at radius 1 is 1.22 bits per heavy atom. The van der Waals surface area contributed by atoms with Gasteiger partial charge in [0.05, 0.1) is 12.5 Å². The van der Waals surface area contributed by atoms with Crippen LogP contribution in [0.3, 0.4) is 0 Å². The van der Waals surface area contributed by atoms with Crippen LogP contribution in [0.2, 0.25) is 0 Å². The summed E-state index contributed by atoms with van der Waals surface area (Å²) in [7, 11) is 0. The highest BCUT2D eigenvalue weighted by Crippen LogP contribution is 2.29. The van der Waals surface area contributed by atoms with E-state index in [1.165, 1.54) is 0 Å². The molecular formula is C21H28N2O4. The van der Waals surface area contributed by atoms with Crippen LogP contribution in [0.1, 0.15) is 44.6 Å². The predicted molar refractivity (Wildman–Crippen MR) is 101 cm³/mol. The van der Waals surface area contributed by atoms with Crippen molar-refractivity contribution in [3.8, 4) is 0 Å². The molecule has 2 amide bonds. The van der Waals surface area contributed by atoms with Crippen LogP contribution < -0.4 is 5.32 Å². The number of carbonyl (C=O) groups excluding carboxylic acids is 3. The second-order valence-corrected chi connectivity index (χ2v) is 7.39. The van der Waals surface area contributed by atoms with E-state index in [2.05, 4.69) is 5.32 Å². The standard InChI is InChI=1S/C21H28N2O4/c1-2-27-21(26)18(12-15-8-4-3-5-9-15)22-20(25)16-13-19(24)23(14-16)17-10-6-7-11-17/h3-5,8-9,16-18H,2,6-7,10-14H2,1H3,(H,22,25). The average Bonchev–Trinajstić information content (AvgIpc) is 3.31. The molecule has 0 spiro atoms. The van der Waals surface area contributed by atoms with Crippen LogP contribution in [-0.2, 0) is 25.5 Å². The first-order valence-corrected chi connectivity index (χ1v) is 9.89. The molecule has 3 rings (SSSR count). The third kappa shape index (κ3) is 4.87. The van der Waals surface area contributed by atoms with Crippen LogP contribution in [0.25, 0.3) is 0 Å². The lowest BCUT2D eigenvalue weighted by Crippen LogP contribution is -2.46. The van der Waals surface area contributed by atoms with E-state index in [-0.39, 0.29) is 30.9 Å². The van der Waals surface area contributed by atoms with Gasteiger partial charge in [-0.2, -0.15) is 0 Å². The topological polar surface area (TPSA) is 75.7 Å². The third-order valence-electron chi connectivity index (χ3n) is 5.46. The van der Waals surface area contributed by atoms with Crippen molar-refractivity contribution in [2.45, 2.75) is 57.5 Å². The molecule has 2 atom stereocenters. The Kier molecular flexibility index (Phi) is 6.48. The quantitative estimate of drug-likeness (QED) is 0.744. The Morgan fingerprint density at radius 2 is 1.93 bits per heavy atom. The summed E-state index contributed by atoms with van der Waals surface area (Å²) >= 11 is 0. The highest BCUT2D eigenvalue weighted by Gasteiger charge is 2.39. The molecule has 0 radical (unpaired) electrons. The van der Waals surface area contributed by atoms with Crippen LogP contribution in [0, 0.1) is 5.92 Å². The van der Waals surface area contributed by atoms with Crippen molar-refractivity contribution in [1.82, 2.24) is 10.2 Å². The SMILES string of the molecule is CCOC(=O)C(Cc1ccccc1)NC(=O)C1CC(=O)N(C2CCCC2)C1. The van der Waals surface area contributed by atoms with Gasteiger partial charge in [-0.3, -0.25) is 9.59 Å². The third-order valence-corrected chi connectivity index (χ3v) is 5.46. The van der Waals surface area contributed by atoms with Crippen molar-refractivity contribution >= 4 is 17.8 Å². The van der Waals surface area contributed by atoms with Gasteiger partial charge in [0.2, 0.25) is 11.8 Å². The van der Waals surface area contributed by atoms with Gasteiger partial charge in [-0.05, 0) is 25.3 Å². The van der Waals surface area contributed by atoms with Crippen molar-refractivity contribution < 1.29 is 19.1 Å². The fourth-order valence-corrected chi connectivity index (χ4v) is 4.05. The molecule has 1 saturated heterocycles. The zero-order valence-electron chi connectivity index (χ0n) is 15.9.